The smallest absolute Gasteiger partial charge is 0.181 e. The number of ether oxygens (including phenoxy) is 1. The van der Waals surface area contributed by atoms with Crippen LogP contribution in [0, 0.1) is 0 Å². The first kappa shape index (κ1) is 17.4. The molecule has 2 aromatic rings. The van der Waals surface area contributed by atoms with E-state index in [1.165, 1.54) is 0 Å². The summed E-state index contributed by atoms with van der Waals surface area (Å²) in [5.41, 5.74) is 1.15. The Morgan fingerprint density at radius 3 is 2.14 bits per heavy atom. The number of hydrogen-bond donors (Lipinski definition) is 0. The summed E-state index contributed by atoms with van der Waals surface area (Å²) in [6.07, 6.45) is 1.79. The van der Waals surface area contributed by atoms with Crippen molar-refractivity contribution in [3.8, 4) is 5.75 Å². The van der Waals surface area contributed by atoms with Crippen molar-refractivity contribution in [2.45, 2.75) is 0 Å². The minimum atomic E-state index is 0.909. The lowest BCUT2D eigenvalue weighted by Gasteiger charge is -2.14. The van der Waals surface area contributed by atoms with Crippen molar-refractivity contribution in [2.24, 2.45) is 0 Å². The second kappa shape index (κ2) is 8.56. The molecule has 0 saturated heterocycles. The summed E-state index contributed by atoms with van der Waals surface area (Å²) in [6.45, 7) is 0. The molecule has 0 unspecified atom stereocenters. The highest BCUT2D eigenvalue weighted by molar-refractivity contribution is 6.34. The van der Waals surface area contributed by atoms with Crippen LogP contribution in [0.4, 0.5) is 11.5 Å². The van der Waals surface area contributed by atoms with Crippen molar-refractivity contribution in [2.75, 3.05) is 45.1 Å². The molecule has 0 bridgehead atoms. The standard InChI is InChI=1S/C9H12NO.C7H10N2.Al/c1-10(2)8-5-4-6-9(7-8)11-3;1-9(2)7-5-3-4-6-8-7;/h4-5,7H,1-3H3;3-6H,1-2H3;. The van der Waals surface area contributed by atoms with Gasteiger partial charge in [-0.3, -0.25) is 0 Å². The SMILES string of the molecule is CN(C)c1ccccn1.COc1cc(N(C)C)cc[c]1[Al]. The summed E-state index contributed by atoms with van der Waals surface area (Å²) in [6, 6.07) is 12.0. The van der Waals surface area contributed by atoms with Crippen LogP contribution in [0.5, 0.6) is 5.75 Å². The highest BCUT2D eigenvalue weighted by atomic mass is 27.0. The van der Waals surface area contributed by atoms with Crippen molar-refractivity contribution in [3.63, 3.8) is 0 Å². The molecule has 0 spiro atoms. The average molecular weight is 299 g/mol. The molecule has 2 radical (unpaired) electrons. The Morgan fingerprint density at radius 2 is 1.71 bits per heavy atom. The van der Waals surface area contributed by atoms with Gasteiger partial charge in [-0.1, -0.05) is 16.6 Å². The fourth-order valence-corrected chi connectivity index (χ4v) is 1.89. The van der Waals surface area contributed by atoms with E-state index in [0.717, 1.165) is 21.7 Å². The van der Waals surface area contributed by atoms with Crippen LogP contribution >= 0.6 is 0 Å². The summed E-state index contributed by atoms with van der Waals surface area (Å²) in [5, 5.41) is 0. The fraction of sp³-hybridized carbons (Fsp3) is 0.312. The van der Waals surface area contributed by atoms with Gasteiger partial charge in [0.15, 0.2) is 16.3 Å². The molecule has 110 valence electrons. The normalized spacial score (nSPS) is 9.38. The van der Waals surface area contributed by atoms with E-state index in [4.69, 9.17) is 4.74 Å². The Morgan fingerprint density at radius 1 is 1.00 bits per heavy atom. The molecule has 4 nitrogen and oxygen atoms in total. The van der Waals surface area contributed by atoms with Crippen molar-refractivity contribution in [1.29, 1.82) is 0 Å². The quantitative estimate of drug-likeness (QED) is 0.807. The van der Waals surface area contributed by atoms with E-state index in [9.17, 15) is 0 Å². The maximum atomic E-state index is 5.19. The first-order valence-electron chi connectivity index (χ1n) is 6.65. The molecule has 0 aliphatic rings. The van der Waals surface area contributed by atoms with Crippen molar-refractivity contribution in [1.82, 2.24) is 4.98 Å². The van der Waals surface area contributed by atoms with Gasteiger partial charge in [-0.2, -0.15) is 0 Å². The van der Waals surface area contributed by atoms with E-state index in [2.05, 4.69) is 27.3 Å². The van der Waals surface area contributed by atoms with Gasteiger partial charge < -0.3 is 14.5 Å². The van der Waals surface area contributed by atoms with Crippen LogP contribution in [0.1, 0.15) is 0 Å². The molecule has 1 aromatic heterocycles. The van der Waals surface area contributed by atoms with E-state index < -0.39 is 0 Å². The third-order valence-corrected chi connectivity index (χ3v) is 3.32. The van der Waals surface area contributed by atoms with E-state index in [1.807, 2.05) is 68.3 Å². The number of hydrogen-bond acceptors (Lipinski definition) is 4. The first-order valence-corrected chi connectivity index (χ1v) is 7.22. The van der Waals surface area contributed by atoms with Gasteiger partial charge in [0.05, 0.1) is 7.11 Å². The van der Waals surface area contributed by atoms with Crippen molar-refractivity contribution in [3.05, 3.63) is 42.6 Å². The zero-order chi connectivity index (χ0) is 15.8. The van der Waals surface area contributed by atoms with Gasteiger partial charge in [-0.15, -0.1) is 0 Å². The van der Waals surface area contributed by atoms with E-state index >= 15 is 0 Å². The summed E-state index contributed by atoms with van der Waals surface area (Å²) in [7, 11) is 9.65. The average Bonchev–Trinajstić information content (AvgIpc) is 2.49. The van der Waals surface area contributed by atoms with Crippen LogP contribution in [0.2, 0.25) is 0 Å². The minimum Gasteiger partial charge on any atom is -0.498 e. The van der Waals surface area contributed by atoms with Crippen molar-refractivity contribution >= 4 is 32.2 Å². The number of anilines is 2. The lowest BCUT2D eigenvalue weighted by Crippen LogP contribution is -2.12. The first-order chi connectivity index (χ1) is 9.95. The topological polar surface area (TPSA) is 28.6 Å². The molecule has 0 aliphatic carbocycles. The van der Waals surface area contributed by atoms with Gasteiger partial charge in [0.25, 0.3) is 0 Å². The van der Waals surface area contributed by atoms with E-state index in [-0.39, 0.29) is 0 Å². The predicted octanol–water partition coefficient (Wildman–Crippen LogP) is 1.70. The largest absolute Gasteiger partial charge is 0.498 e. The van der Waals surface area contributed by atoms with E-state index in [1.54, 1.807) is 13.3 Å². The van der Waals surface area contributed by atoms with Gasteiger partial charge in [0.1, 0.15) is 11.6 Å². The summed E-state index contributed by atoms with van der Waals surface area (Å²) < 4.78 is 6.27. The van der Waals surface area contributed by atoms with Crippen LogP contribution in [0.25, 0.3) is 0 Å². The molecular formula is C16H22AlN3O. The summed E-state index contributed by atoms with van der Waals surface area (Å²) in [5.74, 6) is 1.91. The van der Waals surface area contributed by atoms with Crippen LogP contribution in [-0.2, 0) is 0 Å². The Labute approximate surface area is 135 Å². The number of nitrogens with zero attached hydrogens (tertiary/aromatic N) is 3. The van der Waals surface area contributed by atoms with Crippen molar-refractivity contribution < 1.29 is 4.74 Å². The number of benzene rings is 1. The summed E-state index contributed by atoms with van der Waals surface area (Å²) in [4.78, 5) is 8.12. The van der Waals surface area contributed by atoms with Crippen LogP contribution in [0.15, 0.2) is 42.6 Å². The molecule has 0 N–H and O–H groups in total. The fourth-order valence-electron chi connectivity index (χ4n) is 1.60. The maximum Gasteiger partial charge on any atom is 0.181 e. The molecule has 2 rings (SSSR count). The molecule has 5 heteroatoms. The highest BCUT2D eigenvalue weighted by Crippen LogP contribution is 2.16. The number of methoxy groups -OCH3 is 1. The van der Waals surface area contributed by atoms with E-state index in [0.29, 0.717) is 0 Å². The zero-order valence-corrected chi connectivity index (χ0v) is 14.5. The van der Waals surface area contributed by atoms with Crippen LogP contribution in [-0.4, -0.2) is 56.6 Å². The van der Waals surface area contributed by atoms with Gasteiger partial charge in [-0.25, -0.2) is 4.98 Å². The summed E-state index contributed by atoms with van der Waals surface area (Å²) >= 11 is 2.64. The number of pyridine rings is 1. The molecule has 0 amide bonds. The Kier molecular flexibility index (Phi) is 7.07. The van der Waals surface area contributed by atoms with Gasteiger partial charge >= 0.3 is 0 Å². The lowest BCUT2D eigenvalue weighted by molar-refractivity contribution is 0.418. The third kappa shape index (κ3) is 5.67. The maximum absolute atomic E-state index is 5.19. The molecule has 0 atom stereocenters. The second-order valence-electron chi connectivity index (χ2n) is 4.90. The van der Waals surface area contributed by atoms with Gasteiger partial charge in [-0.05, 0) is 18.2 Å². The molecular weight excluding hydrogens is 277 g/mol. The molecule has 1 aromatic carbocycles. The van der Waals surface area contributed by atoms with Crippen LogP contribution in [0.3, 0.4) is 0 Å². The highest BCUT2D eigenvalue weighted by Gasteiger charge is 1.99. The number of rotatable bonds is 3. The Bertz CT molecular complexity index is 544. The molecule has 0 saturated carbocycles. The third-order valence-electron chi connectivity index (χ3n) is 2.84. The zero-order valence-electron chi connectivity index (χ0n) is 13.4. The monoisotopic (exact) mass is 299 g/mol. The van der Waals surface area contributed by atoms with Gasteiger partial charge in [0, 0.05) is 46.1 Å². The number of aromatic nitrogens is 1. The van der Waals surface area contributed by atoms with Crippen LogP contribution < -0.4 is 19.0 Å². The second-order valence-corrected chi connectivity index (χ2v) is 5.53. The molecule has 0 fully saturated rings. The predicted molar refractivity (Wildman–Crippen MR) is 91.3 cm³/mol. The molecule has 1 heterocycles. The Hall–Kier alpha value is -1.70. The lowest BCUT2D eigenvalue weighted by atomic mass is 10.3. The molecule has 0 aliphatic heterocycles. The Balaban J connectivity index is 0.000000219. The molecule has 21 heavy (non-hydrogen) atoms. The van der Waals surface area contributed by atoms with Gasteiger partial charge in [0.2, 0.25) is 0 Å². The minimum absolute atomic E-state index is 0.909.